The lowest BCUT2D eigenvalue weighted by Gasteiger charge is -2.32. The van der Waals surface area contributed by atoms with Gasteiger partial charge in [-0.15, -0.1) is 0 Å². The second-order valence-corrected chi connectivity index (χ2v) is 6.57. The van der Waals surface area contributed by atoms with Crippen LogP contribution in [0.2, 0.25) is 0 Å². The van der Waals surface area contributed by atoms with Gasteiger partial charge in [0.25, 0.3) is 0 Å². The fourth-order valence-electron chi connectivity index (χ4n) is 3.51. The first-order valence-electron chi connectivity index (χ1n) is 7.58. The topological polar surface area (TPSA) is 61.8 Å². The summed E-state index contributed by atoms with van der Waals surface area (Å²) in [6, 6.07) is 7.60. The maximum Gasteiger partial charge on any atom is 0.0992 e. The fourth-order valence-corrected chi connectivity index (χ4v) is 3.51. The molecule has 0 radical (unpaired) electrons. The minimum atomic E-state index is 0.406. The van der Waals surface area contributed by atoms with Crippen LogP contribution < -0.4 is 11.1 Å². The Kier molecular flexibility index (Phi) is 4.54. The van der Waals surface area contributed by atoms with Gasteiger partial charge in [0.05, 0.1) is 23.0 Å². The zero-order valence-electron chi connectivity index (χ0n) is 12.6. The van der Waals surface area contributed by atoms with Crippen molar-refractivity contribution in [1.82, 2.24) is 0 Å². The van der Waals surface area contributed by atoms with Crippen LogP contribution in [0.1, 0.15) is 51.5 Å². The summed E-state index contributed by atoms with van der Waals surface area (Å²) in [6.45, 7) is 5.56. The number of nitrogens with one attached hydrogen (secondary N) is 1. The lowest BCUT2D eigenvalue weighted by molar-refractivity contribution is 0.252. The van der Waals surface area contributed by atoms with E-state index in [1.807, 2.05) is 12.1 Å². The van der Waals surface area contributed by atoms with Gasteiger partial charge < -0.3 is 11.1 Å². The number of benzene rings is 1. The second kappa shape index (κ2) is 6.17. The quantitative estimate of drug-likeness (QED) is 0.790. The lowest BCUT2D eigenvalue weighted by atomic mass is 9.78. The standard InChI is InChI=1S/C17H25N3/c1-13(2)10-17(7-3-4-8-17)12-20-16-9-14(11-18)5-6-15(16)19/h5-6,9,13,20H,3-4,7-8,10,12,19H2,1-2H3. The first-order valence-corrected chi connectivity index (χ1v) is 7.58. The molecule has 3 nitrogen and oxygen atoms in total. The molecule has 0 aliphatic heterocycles. The van der Waals surface area contributed by atoms with E-state index >= 15 is 0 Å². The molecular weight excluding hydrogens is 246 g/mol. The monoisotopic (exact) mass is 271 g/mol. The van der Waals surface area contributed by atoms with Crippen LogP contribution in [0.4, 0.5) is 11.4 Å². The van der Waals surface area contributed by atoms with Gasteiger partial charge in [0.2, 0.25) is 0 Å². The molecule has 0 heterocycles. The molecule has 0 unspecified atom stereocenters. The predicted molar refractivity (Wildman–Crippen MR) is 84.4 cm³/mol. The normalized spacial score (nSPS) is 17.1. The van der Waals surface area contributed by atoms with E-state index in [1.165, 1.54) is 32.1 Å². The van der Waals surface area contributed by atoms with E-state index in [0.717, 1.165) is 23.8 Å². The highest BCUT2D eigenvalue weighted by atomic mass is 14.9. The molecule has 20 heavy (non-hydrogen) atoms. The van der Waals surface area contributed by atoms with E-state index < -0.39 is 0 Å². The van der Waals surface area contributed by atoms with Gasteiger partial charge in [-0.05, 0) is 48.8 Å². The Morgan fingerprint density at radius 2 is 2.05 bits per heavy atom. The molecule has 108 valence electrons. The molecule has 0 aromatic heterocycles. The summed E-state index contributed by atoms with van der Waals surface area (Å²) < 4.78 is 0. The summed E-state index contributed by atoms with van der Waals surface area (Å²) in [4.78, 5) is 0. The van der Waals surface area contributed by atoms with Crippen LogP contribution in [-0.2, 0) is 0 Å². The maximum atomic E-state index is 8.98. The smallest absolute Gasteiger partial charge is 0.0992 e. The molecule has 1 aliphatic rings. The summed E-state index contributed by atoms with van der Waals surface area (Å²) in [6.07, 6.45) is 6.54. The summed E-state index contributed by atoms with van der Waals surface area (Å²) in [5, 5.41) is 12.5. The molecule has 0 amide bonds. The number of anilines is 2. The number of nitriles is 1. The highest BCUT2D eigenvalue weighted by Gasteiger charge is 2.34. The van der Waals surface area contributed by atoms with Crippen molar-refractivity contribution in [2.75, 3.05) is 17.6 Å². The maximum absolute atomic E-state index is 8.98. The first kappa shape index (κ1) is 14.7. The van der Waals surface area contributed by atoms with Gasteiger partial charge in [0.1, 0.15) is 0 Å². The van der Waals surface area contributed by atoms with E-state index in [9.17, 15) is 0 Å². The van der Waals surface area contributed by atoms with Crippen LogP contribution in [-0.4, -0.2) is 6.54 Å². The molecule has 1 aliphatic carbocycles. The molecule has 1 aromatic carbocycles. The fraction of sp³-hybridized carbons (Fsp3) is 0.588. The van der Waals surface area contributed by atoms with E-state index in [1.54, 1.807) is 6.07 Å². The van der Waals surface area contributed by atoms with Gasteiger partial charge in [-0.1, -0.05) is 26.7 Å². The Morgan fingerprint density at radius 1 is 1.35 bits per heavy atom. The summed E-state index contributed by atoms with van der Waals surface area (Å²) >= 11 is 0. The molecule has 0 saturated heterocycles. The molecular formula is C17H25N3. The molecule has 1 saturated carbocycles. The second-order valence-electron chi connectivity index (χ2n) is 6.57. The number of hydrogen-bond acceptors (Lipinski definition) is 3. The number of nitrogens with zero attached hydrogens (tertiary/aromatic N) is 1. The van der Waals surface area contributed by atoms with Crippen molar-refractivity contribution in [3.05, 3.63) is 23.8 Å². The SMILES string of the molecule is CC(C)CC1(CNc2cc(C#N)ccc2N)CCCC1. The van der Waals surface area contributed by atoms with E-state index in [2.05, 4.69) is 25.2 Å². The third-order valence-electron chi connectivity index (χ3n) is 4.34. The van der Waals surface area contributed by atoms with E-state index in [-0.39, 0.29) is 0 Å². The lowest BCUT2D eigenvalue weighted by Crippen LogP contribution is -2.28. The van der Waals surface area contributed by atoms with E-state index in [0.29, 0.717) is 11.0 Å². The van der Waals surface area contributed by atoms with Crippen LogP contribution in [0.25, 0.3) is 0 Å². The Bertz CT molecular complexity index is 493. The van der Waals surface area contributed by atoms with Crippen LogP contribution in [0.15, 0.2) is 18.2 Å². The first-order chi connectivity index (χ1) is 9.54. The summed E-state index contributed by atoms with van der Waals surface area (Å²) in [5.41, 5.74) is 8.69. The van der Waals surface area contributed by atoms with Gasteiger partial charge in [0, 0.05) is 6.54 Å². The number of nitrogens with two attached hydrogens (primary N) is 1. The Hall–Kier alpha value is -1.69. The zero-order valence-corrected chi connectivity index (χ0v) is 12.6. The average Bonchev–Trinajstić information content (AvgIpc) is 2.86. The van der Waals surface area contributed by atoms with Crippen molar-refractivity contribution >= 4 is 11.4 Å². The molecule has 0 spiro atoms. The van der Waals surface area contributed by atoms with Crippen LogP contribution >= 0.6 is 0 Å². The highest BCUT2D eigenvalue weighted by molar-refractivity contribution is 5.68. The Labute approximate surface area is 122 Å². The number of nitrogen functional groups attached to an aromatic ring is 1. The molecule has 1 aromatic rings. The van der Waals surface area contributed by atoms with Crippen molar-refractivity contribution in [3.8, 4) is 6.07 Å². The minimum absolute atomic E-state index is 0.406. The van der Waals surface area contributed by atoms with E-state index in [4.69, 9.17) is 11.0 Å². The van der Waals surface area contributed by atoms with Gasteiger partial charge in [-0.3, -0.25) is 0 Å². The van der Waals surface area contributed by atoms with Crippen LogP contribution in [0.3, 0.4) is 0 Å². The van der Waals surface area contributed by atoms with Crippen molar-refractivity contribution in [2.24, 2.45) is 11.3 Å². The minimum Gasteiger partial charge on any atom is -0.397 e. The molecule has 1 fully saturated rings. The summed E-state index contributed by atoms with van der Waals surface area (Å²) in [5.74, 6) is 0.720. The Morgan fingerprint density at radius 3 is 2.65 bits per heavy atom. The van der Waals surface area contributed by atoms with Crippen LogP contribution in [0.5, 0.6) is 0 Å². The van der Waals surface area contributed by atoms with Crippen molar-refractivity contribution in [2.45, 2.75) is 46.0 Å². The van der Waals surface area contributed by atoms with Crippen molar-refractivity contribution in [1.29, 1.82) is 5.26 Å². The van der Waals surface area contributed by atoms with Crippen molar-refractivity contribution in [3.63, 3.8) is 0 Å². The van der Waals surface area contributed by atoms with Gasteiger partial charge >= 0.3 is 0 Å². The summed E-state index contributed by atoms with van der Waals surface area (Å²) in [7, 11) is 0. The molecule has 3 heteroatoms. The third-order valence-corrected chi connectivity index (χ3v) is 4.34. The molecule has 2 rings (SSSR count). The average molecular weight is 271 g/mol. The van der Waals surface area contributed by atoms with Gasteiger partial charge in [-0.2, -0.15) is 5.26 Å². The molecule has 3 N–H and O–H groups in total. The highest BCUT2D eigenvalue weighted by Crippen LogP contribution is 2.43. The number of hydrogen-bond donors (Lipinski definition) is 2. The van der Waals surface area contributed by atoms with Gasteiger partial charge in [-0.25, -0.2) is 0 Å². The Balaban J connectivity index is 2.08. The molecule has 0 atom stereocenters. The predicted octanol–water partition coefficient (Wildman–Crippen LogP) is 4.16. The molecule has 0 bridgehead atoms. The third kappa shape index (κ3) is 3.45. The van der Waals surface area contributed by atoms with Crippen LogP contribution in [0, 0.1) is 22.7 Å². The largest absolute Gasteiger partial charge is 0.397 e. The number of rotatable bonds is 5. The van der Waals surface area contributed by atoms with Crippen molar-refractivity contribution < 1.29 is 0 Å². The zero-order chi connectivity index (χ0) is 14.6. The van der Waals surface area contributed by atoms with Gasteiger partial charge in [0.15, 0.2) is 0 Å².